The predicted molar refractivity (Wildman–Crippen MR) is 54.6 cm³/mol. The zero-order valence-corrected chi connectivity index (χ0v) is 9.16. The van der Waals surface area contributed by atoms with Gasteiger partial charge >= 0.3 is 0 Å². The van der Waals surface area contributed by atoms with E-state index in [4.69, 9.17) is 0 Å². The maximum atomic E-state index is 4.35. The highest BCUT2D eigenvalue weighted by atomic mass is 79.9. The monoisotopic (exact) mass is 242 g/mol. The van der Waals surface area contributed by atoms with Gasteiger partial charge in [0, 0.05) is 5.38 Å². The molecular weight excluding hydrogens is 236 g/mol. The van der Waals surface area contributed by atoms with E-state index >= 15 is 0 Å². The van der Waals surface area contributed by atoms with Crippen molar-refractivity contribution in [3.63, 3.8) is 0 Å². The van der Waals surface area contributed by atoms with Crippen LogP contribution in [0.15, 0.2) is 9.85 Å². The number of nitrogens with zero attached hydrogens (tertiary/aromatic N) is 2. The SMILES string of the molecule is Cc1nc(C)c2scc(Br)c2n1. The van der Waals surface area contributed by atoms with Crippen LogP contribution in [-0.2, 0) is 0 Å². The molecule has 2 aromatic rings. The third-order valence-electron chi connectivity index (χ3n) is 1.65. The van der Waals surface area contributed by atoms with Crippen LogP contribution in [0, 0.1) is 13.8 Å². The summed E-state index contributed by atoms with van der Waals surface area (Å²) in [4.78, 5) is 8.64. The molecular formula is C8H7BrN2S. The van der Waals surface area contributed by atoms with E-state index in [1.807, 2.05) is 19.2 Å². The zero-order valence-electron chi connectivity index (χ0n) is 6.76. The number of hydrogen-bond donors (Lipinski definition) is 0. The first-order valence-electron chi connectivity index (χ1n) is 3.56. The summed E-state index contributed by atoms with van der Waals surface area (Å²) in [7, 11) is 0. The van der Waals surface area contributed by atoms with Gasteiger partial charge in [0.05, 0.1) is 20.4 Å². The second kappa shape index (κ2) is 2.78. The first-order valence-corrected chi connectivity index (χ1v) is 5.23. The topological polar surface area (TPSA) is 25.8 Å². The number of thiophene rings is 1. The molecule has 4 heteroatoms. The third-order valence-corrected chi connectivity index (χ3v) is 3.64. The van der Waals surface area contributed by atoms with E-state index in [0.29, 0.717) is 0 Å². The summed E-state index contributed by atoms with van der Waals surface area (Å²) in [6.07, 6.45) is 0. The van der Waals surface area contributed by atoms with Crippen molar-refractivity contribution < 1.29 is 0 Å². The van der Waals surface area contributed by atoms with E-state index in [2.05, 4.69) is 25.9 Å². The fourth-order valence-electron chi connectivity index (χ4n) is 1.17. The van der Waals surface area contributed by atoms with Gasteiger partial charge in [-0.2, -0.15) is 0 Å². The third kappa shape index (κ3) is 1.15. The van der Waals surface area contributed by atoms with Gasteiger partial charge in [-0.1, -0.05) is 0 Å². The Kier molecular flexibility index (Phi) is 1.88. The van der Waals surface area contributed by atoms with Crippen molar-refractivity contribution in [3.8, 4) is 0 Å². The predicted octanol–water partition coefficient (Wildman–Crippen LogP) is 3.07. The van der Waals surface area contributed by atoms with Crippen molar-refractivity contribution in [1.82, 2.24) is 9.97 Å². The molecule has 0 saturated heterocycles. The quantitative estimate of drug-likeness (QED) is 0.710. The minimum absolute atomic E-state index is 0.833. The second-order valence-electron chi connectivity index (χ2n) is 2.62. The number of fused-ring (bicyclic) bond motifs is 1. The molecule has 0 bridgehead atoms. The Hall–Kier alpha value is -0.480. The van der Waals surface area contributed by atoms with Gasteiger partial charge in [0.2, 0.25) is 0 Å². The molecule has 12 heavy (non-hydrogen) atoms. The molecule has 0 amide bonds. The lowest BCUT2D eigenvalue weighted by Crippen LogP contribution is -1.89. The van der Waals surface area contributed by atoms with E-state index in [1.54, 1.807) is 11.3 Å². The average molecular weight is 243 g/mol. The van der Waals surface area contributed by atoms with Gasteiger partial charge in [0.25, 0.3) is 0 Å². The van der Waals surface area contributed by atoms with Gasteiger partial charge < -0.3 is 0 Å². The maximum absolute atomic E-state index is 4.35. The second-order valence-corrected chi connectivity index (χ2v) is 4.35. The summed E-state index contributed by atoms with van der Waals surface area (Å²) in [6, 6.07) is 0. The van der Waals surface area contributed by atoms with Crippen molar-refractivity contribution in [2.45, 2.75) is 13.8 Å². The van der Waals surface area contributed by atoms with Gasteiger partial charge in [0.15, 0.2) is 0 Å². The molecule has 0 N–H and O–H groups in total. The van der Waals surface area contributed by atoms with Crippen molar-refractivity contribution >= 4 is 37.5 Å². The summed E-state index contributed by atoms with van der Waals surface area (Å²) in [5, 5.41) is 2.05. The highest BCUT2D eigenvalue weighted by Crippen LogP contribution is 2.29. The molecule has 2 nitrogen and oxygen atoms in total. The molecule has 0 saturated carbocycles. The summed E-state index contributed by atoms with van der Waals surface area (Å²) in [5.41, 5.74) is 2.10. The molecule has 2 heterocycles. The van der Waals surface area contributed by atoms with Crippen molar-refractivity contribution in [3.05, 3.63) is 21.4 Å². The van der Waals surface area contributed by atoms with Crippen LogP contribution in [0.3, 0.4) is 0 Å². The molecule has 0 fully saturated rings. The normalized spacial score (nSPS) is 10.9. The largest absolute Gasteiger partial charge is 0.237 e. The summed E-state index contributed by atoms with van der Waals surface area (Å²) >= 11 is 5.13. The number of hydrogen-bond acceptors (Lipinski definition) is 3. The highest BCUT2D eigenvalue weighted by molar-refractivity contribution is 9.10. The van der Waals surface area contributed by atoms with Gasteiger partial charge in [-0.15, -0.1) is 11.3 Å². The molecule has 0 aliphatic carbocycles. The lowest BCUT2D eigenvalue weighted by atomic mass is 10.4. The van der Waals surface area contributed by atoms with Crippen LogP contribution in [0.1, 0.15) is 11.5 Å². The zero-order chi connectivity index (χ0) is 8.72. The Bertz CT molecular complexity index is 436. The van der Waals surface area contributed by atoms with Crippen molar-refractivity contribution in [2.75, 3.05) is 0 Å². The Morgan fingerprint density at radius 2 is 2.08 bits per heavy atom. The molecule has 0 radical (unpaired) electrons. The lowest BCUT2D eigenvalue weighted by molar-refractivity contribution is 1.05. The number of rotatable bonds is 0. The molecule has 0 atom stereocenters. The summed E-state index contributed by atoms with van der Waals surface area (Å²) in [5.74, 6) is 0.833. The first kappa shape index (κ1) is 8.13. The van der Waals surface area contributed by atoms with Crippen LogP contribution < -0.4 is 0 Å². The molecule has 0 aliphatic heterocycles. The standard InChI is InChI=1S/C8H7BrN2S/c1-4-8-7(6(9)3-12-8)11-5(2)10-4/h3H,1-2H3. The van der Waals surface area contributed by atoms with Gasteiger partial charge in [-0.3, -0.25) is 0 Å². The molecule has 0 spiro atoms. The minimum Gasteiger partial charge on any atom is -0.237 e. The van der Waals surface area contributed by atoms with E-state index in [9.17, 15) is 0 Å². The first-order chi connectivity index (χ1) is 5.68. The Balaban J connectivity index is 2.92. The van der Waals surface area contributed by atoms with E-state index in [-0.39, 0.29) is 0 Å². The molecule has 62 valence electrons. The Morgan fingerprint density at radius 3 is 2.83 bits per heavy atom. The molecule has 0 aromatic carbocycles. The van der Waals surface area contributed by atoms with E-state index in [0.717, 1.165) is 21.5 Å². The van der Waals surface area contributed by atoms with Crippen molar-refractivity contribution in [2.24, 2.45) is 0 Å². The summed E-state index contributed by atoms with van der Waals surface area (Å²) in [6.45, 7) is 3.93. The lowest BCUT2D eigenvalue weighted by Gasteiger charge is -1.96. The van der Waals surface area contributed by atoms with Crippen LogP contribution in [0.4, 0.5) is 0 Å². The maximum Gasteiger partial charge on any atom is 0.126 e. The molecule has 2 aromatic heterocycles. The fraction of sp³-hybridized carbons (Fsp3) is 0.250. The van der Waals surface area contributed by atoms with Crippen LogP contribution in [0.2, 0.25) is 0 Å². The minimum atomic E-state index is 0.833. The molecule has 2 rings (SSSR count). The fourth-order valence-corrected chi connectivity index (χ4v) is 2.69. The number of aromatic nitrogens is 2. The van der Waals surface area contributed by atoms with E-state index in [1.165, 1.54) is 4.70 Å². The van der Waals surface area contributed by atoms with E-state index < -0.39 is 0 Å². The van der Waals surface area contributed by atoms with Gasteiger partial charge in [-0.05, 0) is 29.8 Å². The van der Waals surface area contributed by atoms with Crippen molar-refractivity contribution in [1.29, 1.82) is 0 Å². The van der Waals surface area contributed by atoms with Crippen LogP contribution in [0.25, 0.3) is 10.2 Å². The average Bonchev–Trinajstić information content (AvgIpc) is 2.33. The van der Waals surface area contributed by atoms with Gasteiger partial charge in [-0.25, -0.2) is 9.97 Å². The number of halogens is 1. The molecule has 0 unspecified atom stereocenters. The number of aryl methyl sites for hydroxylation is 2. The smallest absolute Gasteiger partial charge is 0.126 e. The van der Waals surface area contributed by atoms with Gasteiger partial charge in [0.1, 0.15) is 5.82 Å². The Labute approximate surface area is 82.8 Å². The highest BCUT2D eigenvalue weighted by Gasteiger charge is 2.06. The van der Waals surface area contributed by atoms with Crippen LogP contribution in [-0.4, -0.2) is 9.97 Å². The van der Waals surface area contributed by atoms with Crippen LogP contribution >= 0.6 is 27.3 Å². The summed E-state index contributed by atoms with van der Waals surface area (Å²) < 4.78 is 2.24. The van der Waals surface area contributed by atoms with Crippen LogP contribution in [0.5, 0.6) is 0 Å². The Morgan fingerprint density at radius 1 is 1.33 bits per heavy atom. The molecule has 0 aliphatic rings.